The summed E-state index contributed by atoms with van der Waals surface area (Å²) in [5.41, 5.74) is 6.59. The minimum Gasteiger partial charge on any atom is -0.352 e. The third-order valence-electron chi connectivity index (χ3n) is 4.40. The van der Waals surface area contributed by atoms with Crippen molar-refractivity contribution < 1.29 is 9.59 Å². The van der Waals surface area contributed by atoms with Crippen molar-refractivity contribution in [2.45, 2.75) is 55.7 Å². The van der Waals surface area contributed by atoms with Gasteiger partial charge in [-0.1, -0.05) is 12.8 Å². The van der Waals surface area contributed by atoms with E-state index in [1.807, 2.05) is 31.2 Å². The maximum Gasteiger partial charge on any atom is 0.233 e. The van der Waals surface area contributed by atoms with Crippen molar-refractivity contribution in [2.24, 2.45) is 11.7 Å². The molecule has 1 aromatic rings. The van der Waals surface area contributed by atoms with E-state index in [4.69, 9.17) is 5.73 Å². The topological polar surface area (TPSA) is 84.2 Å². The molecule has 3 atom stereocenters. The largest absolute Gasteiger partial charge is 0.352 e. The Morgan fingerprint density at radius 2 is 1.92 bits per heavy atom. The zero-order valence-electron chi connectivity index (χ0n) is 14.4. The van der Waals surface area contributed by atoms with Crippen LogP contribution >= 0.6 is 11.8 Å². The average Bonchev–Trinajstić information content (AvgIpc) is 2.56. The summed E-state index contributed by atoms with van der Waals surface area (Å²) in [5.74, 6) is 0.373. The number of amides is 2. The molecule has 1 saturated carbocycles. The van der Waals surface area contributed by atoms with Crippen LogP contribution in [-0.2, 0) is 9.59 Å². The number of benzene rings is 1. The lowest BCUT2D eigenvalue weighted by Gasteiger charge is -2.32. The molecular weight excluding hydrogens is 322 g/mol. The highest BCUT2D eigenvalue weighted by molar-refractivity contribution is 8.00. The van der Waals surface area contributed by atoms with Crippen molar-refractivity contribution in [1.29, 1.82) is 0 Å². The molecule has 0 heterocycles. The first-order valence-corrected chi connectivity index (χ1v) is 9.42. The molecule has 0 spiro atoms. The fraction of sp³-hybridized carbons (Fsp3) is 0.556. The molecule has 0 saturated heterocycles. The first kappa shape index (κ1) is 18.8. The van der Waals surface area contributed by atoms with Gasteiger partial charge in [-0.05, 0) is 56.5 Å². The number of anilines is 1. The summed E-state index contributed by atoms with van der Waals surface area (Å²) in [5, 5.41) is 5.75. The lowest BCUT2D eigenvalue weighted by Crippen LogP contribution is -2.47. The van der Waals surface area contributed by atoms with E-state index in [2.05, 4.69) is 10.6 Å². The molecule has 1 aromatic carbocycles. The van der Waals surface area contributed by atoms with E-state index in [-0.39, 0.29) is 23.1 Å². The van der Waals surface area contributed by atoms with Crippen LogP contribution in [0.3, 0.4) is 0 Å². The number of carbonyl (C=O) groups excluding carboxylic acids is 2. The highest BCUT2D eigenvalue weighted by atomic mass is 32.2. The Labute approximate surface area is 148 Å². The van der Waals surface area contributed by atoms with Gasteiger partial charge in [-0.2, -0.15) is 0 Å². The van der Waals surface area contributed by atoms with Crippen LogP contribution in [0, 0.1) is 5.92 Å². The fourth-order valence-electron chi connectivity index (χ4n) is 3.06. The van der Waals surface area contributed by atoms with Crippen molar-refractivity contribution in [3.63, 3.8) is 0 Å². The Bertz CT molecular complexity index is 562. The predicted molar refractivity (Wildman–Crippen MR) is 99.0 cm³/mol. The molecule has 24 heavy (non-hydrogen) atoms. The monoisotopic (exact) mass is 349 g/mol. The highest BCUT2D eigenvalue weighted by Crippen LogP contribution is 2.27. The minimum atomic E-state index is -0.169. The second kappa shape index (κ2) is 9.08. The third kappa shape index (κ3) is 5.53. The first-order valence-electron chi connectivity index (χ1n) is 8.54. The summed E-state index contributed by atoms with van der Waals surface area (Å²) in [6.07, 6.45) is 4.50. The second-order valence-corrected chi connectivity index (χ2v) is 7.78. The summed E-state index contributed by atoms with van der Waals surface area (Å²) in [4.78, 5) is 24.5. The number of nitrogens with two attached hydrogens (primary N) is 1. The molecule has 0 bridgehead atoms. The Morgan fingerprint density at radius 1 is 1.25 bits per heavy atom. The smallest absolute Gasteiger partial charge is 0.233 e. The molecule has 2 rings (SSSR count). The van der Waals surface area contributed by atoms with E-state index in [9.17, 15) is 9.59 Å². The van der Waals surface area contributed by atoms with Crippen molar-refractivity contribution in [2.75, 3.05) is 11.9 Å². The standard InChI is InChI=1S/C18H27N3O2S/c1-12(18(23)21-17-6-4-3-5-14(17)11-19)24-16-9-7-15(8-10-16)20-13(2)22/h7-10,12,14,17H,3-6,11,19H2,1-2H3,(H,20,22)(H,21,23). The molecule has 0 aromatic heterocycles. The molecule has 0 radical (unpaired) electrons. The molecule has 1 aliphatic rings. The van der Waals surface area contributed by atoms with E-state index >= 15 is 0 Å². The van der Waals surface area contributed by atoms with Crippen molar-refractivity contribution in [3.8, 4) is 0 Å². The van der Waals surface area contributed by atoms with E-state index in [1.54, 1.807) is 0 Å². The lowest BCUT2D eigenvalue weighted by molar-refractivity contribution is -0.121. The zero-order chi connectivity index (χ0) is 17.5. The summed E-state index contributed by atoms with van der Waals surface area (Å²) in [6, 6.07) is 7.74. The van der Waals surface area contributed by atoms with Gasteiger partial charge in [-0.3, -0.25) is 9.59 Å². The van der Waals surface area contributed by atoms with Gasteiger partial charge in [0.1, 0.15) is 0 Å². The molecule has 0 aliphatic heterocycles. The van der Waals surface area contributed by atoms with Crippen LogP contribution in [0.1, 0.15) is 39.5 Å². The fourth-order valence-corrected chi connectivity index (χ4v) is 3.93. The normalized spacial score (nSPS) is 21.8. The van der Waals surface area contributed by atoms with Gasteiger partial charge in [-0.25, -0.2) is 0 Å². The molecule has 5 nitrogen and oxygen atoms in total. The summed E-state index contributed by atoms with van der Waals surface area (Å²) in [7, 11) is 0. The average molecular weight is 350 g/mol. The SMILES string of the molecule is CC(=O)Nc1ccc(SC(C)C(=O)NC2CCCCC2CN)cc1. The van der Waals surface area contributed by atoms with Gasteiger partial charge < -0.3 is 16.4 Å². The van der Waals surface area contributed by atoms with Gasteiger partial charge >= 0.3 is 0 Å². The van der Waals surface area contributed by atoms with Gasteiger partial charge in [0.15, 0.2) is 0 Å². The maximum atomic E-state index is 12.5. The summed E-state index contributed by atoms with van der Waals surface area (Å²) >= 11 is 1.52. The van der Waals surface area contributed by atoms with E-state index < -0.39 is 0 Å². The molecular formula is C18H27N3O2S. The van der Waals surface area contributed by atoms with Crippen LogP contribution in [0.15, 0.2) is 29.2 Å². The second-order valence-electron chi connectivity index (χ2n) is 6.36. The molecule has 1 aliphatic carbocycles. The summed E-state index contributed by atoms with van der Waals surface area (Å²) < 4.78 is 0. The number of hydrogen-bond donors (Lipinski definition) is 3. The van der Waals surface area contributed by atoms with Crippen LogP contribution in [0.4, 0.5) is 5.69 Å². The zero-order valence-corrected chi connectivity index (χ0v) is 15.2. The van der Waals surface area contributed by atoms with Gasteiger partial charge in [0.2, 0.25) is 11.8 Å². The lowest BCUT2D eigenvalue weighted by atomic mass is 9.84. The molecule has 6 heteroatoms. The number of thioether (sulfide) groups is 1. The Morgan fingerprint density at radius 3 is 2.54 bits per heavy atom. The molecule has 132 valence electrons. The maximum absolute atomic E-state index is 12.5. The predicted octanol–water partition coefficient (Wildman–Crippen LogP) is 2.76. The van der Waals surface area contributed by atoms with Crippen molar-refractivity contribution in [3.05, 3.63) is 24.3 Å². The molecule has 2 amide bonds. The van der Waals surface area contributed by atoms with Crippen molar-refractivity contribution >= 4 is 29.3 Å². The van der Waals surface area contributed by atoms with E-state index in [0.29, 0.717) is 12.5 Å². The first-order chi connectivity index (χ1) is 11.5. The molecule has 3 unspecified atom stereocenters. The van der Waals surface area contributed by atoms with Crippen molar-refractivity contribution in [1.82, 2.24) is 5.32 Å². The third-order valence-corrected chi connectivity index (χ3v) is 5.51. The van der Waals surface area contributed by atoms with Crippen LogP contribution in [0.5, 0.6) is 0 Å². The van der Waals surface area contributed by atoms with Crippen LogP contribution in [0.25, 0.3) is 0 Å². The number of nitrogens with one attached hydrogen (secondary N) is 2. The Balaban J connectivity index is 1.87. The van der Waals surface area contributed by atoms with Gasteiger partial charge in [0, 0.05) is 23.5 Å². The number of hydrogen-bond acceptors (Lipinski definition) is 4. The molecule has 1 fully saturated rings. The number of rotatable bonds is 6. The van der Waals surface area contributed by atoms with Crippen LogP contribution < -0.4 is 16.4 Å². The van der Waals surface area contributed by atoms with Gasteiger partial charge in [0.25, 0.3) is 0 Å². The Kier molecular flexibility index (Phi) is 7.12. The van der Waals surface area contributed by atoms with Gasteiger partial charge in [0.05, 0.1) is 5.25 Å². The molecule has 4 N–H and O–H groups in total. The van der Waals surface area contributed by atoms with Crippen LogP contribution in [0.2, 0.25) is 0 Å². The highest BCUT2D eigenvalue weighted by Gasteiger charge is 2.27. The minimum absolute atomic E-state index is 0.0660. The van der Waals surface area contributed by atoms with E-state index in [1.165, 1.54) is 25.1 Å². The van der Waals surface area contributed by atoms with Crippen LogP contribution in [-0.4, -0.2) is 29.7 Å². The quantitative estimate of drug-likeness (QED) is 0.690. The van der Waals surface area contributed by atoms with E-state index in [0.717, 1.165) is 29.8 Å². The number of carbonyl (C=O) groups is 2. The summed E-state index contributed by atoms with van der Waals surface area (Å²) in [6.45, 7) is 4.04. The van der Waals surface area contributed by atoms with Gasteiger partial charge in [-0.15, -0.1) is 11.8 Å². The Hall–Kier alpha value is -1.53.